The fourth-order valence-corrected chi connectivity index (χ4v) is 9.62. The molecule has 0 aromatic heterocycles. The molecule has 0 N–H and O–H groups in total. The third kappa shape index (κ3) is 5.67. The van der Waals surface area contributed by atoms with E-state index in [1.165, 1.54) is 20.5 Å². The number of allylic oxidation sites excluding steroid dienone is 1. The van der Waals surface area contributed by atoms with Crippen LogP contribution in [0.1, 0.15) is 27.2 Å². The number of hydrogen-bond donors (Lipinski definition) is 0. The van der Waals surface area contributed by atoms with Gasteiger partial charge in [-0.25, -0.2) is 9.69 Å². The average molecular weight is 510 g/mol. The van der Waals surface area contributed by atoms with Crippen molar-refractivity contribution in [2.75, 3.05) is 0 Å². The van der Waals surface area contributed by atoms with Crippen LogP contribution in [0.15, 0.2) is 116 Å². The summed E-state index contributed by atoms with van der Waals surface area (Å²) in [5.41, 5.74) is -0.677. The topological polar surface area (TPSA) is 46.6 Å². The molecule has 1 aliphatic heterocycles. The molecule has 37 heavy (non-hydrogen) atoms. The van der Waals surface area contributed by atoms with Crippen molar-refractivity contribution in [2.45, 2.75) is 44.9 Å². The molecule has 4 nitrogen and oxygen atoms in total. The number of amides is 2. The molecule has 0 spiro atoms. The molecule has 2 atom stereocenters. The Bertz CT molecular complexity index is 1150. The highest BCUT2D eigenvalue weighted by Crippen LogP contribution is 2.29. The molecule has 1 aliphatic rings. The van der Waals surface area contributed by atoms with Gasteiger partial charge in [-0.2, -0.15) is 0 Å². The summed E-state index contributed by atoms with van der Waals surface area (Å²) in [7, 11) is -2.44. The molecule has 190 valence electrons. The first-order chi connectivity index (χ1) is 17.8. The minimum absolute atomic E-state index is 0.234. The predicted octanol–water partition coefficient (Wildman–Crippen LogP) is 5.05. The van der Waals surface area contributed by atoms with Crippen LogP contribution in [0, 0.1) is 5.92 Å². The Balaban J connectivity index is 1.69. The molecule has 0 radical (unpaired) electrons. The molecule has 3 aromatic carbocycles. The van der Waals surface area contributed by atoms with Crippen LogP contribution in [-0.4, -0.2) is 36.6 Å². The maximum absolute atomic E-state index is 13.3. The van der Waals surface area contributed by atoms with Gasteiger partial charge in [-0.3, -0.25) is 4.79 Å². The Morgan fingerprint density at radius 2 is 1.38 bits per heavy atom. The molecule has 1 saturated heterocycles. The Hall–Kier alpha value is -3.70. The number of likely N-dealkylation sites (tertiary alicyclic amines) is 1. The van der Waals surface area contributed by atoms with Crippen molar-refractivity contribution >= 4 is 35.6 Å². The van der Waals surface area contributed by atoms with Crippen molar-refractivity contribution < 1.29 is 14.3 Å². The molecule has 0 bridgehead atoms. The number of hydrogen-bond acceptors (Lipinski definition) is 3. The monoisotopic (exact) mass is 509 g/mol. The molecule has 3 aromatic rings. The van der Waals surface area contributed by atoms with Crippen molar-refractivity contribution in [1.29, 1.82) is 0 Å². The van der Waals surface area contributed by atoms with Gasteiger partial charge in [0.25, 0.3) is 0 Å². The zero-order valence-electron chi connectivity index (χ0n) is 21.8. The predicted molar refractivity (Wildman–Crippen MR) is 153 cm³/mol. The highest BCUT2D eigenvalue weighted by molar-refractivity contribution is 7.11. The van der Waals surface area contributed by atoms with Crippen LogP contribution in [0.4, 0.5) is 4.79 Å². The van der Waals surface area contributed by atoms with Crippen LogP contribution in [0.2, 0.25) is 6.04 Å². The molecule has 5 heteroatoms. The van der Waals surface area contributed by atoms with E-state index in [1.54, 1.807) is 26.8 Å². The van der Waals surface area contributed by atoms with Gasteiger partial charge in [0, 0.05) is 0 Å². The molecule has 0 unspecified atom stereocenters. The second-order valence-electron chi connectivity index (χ2n) is 10.5. The Morgan fingerprint density at radius 1 is 0.919 bits per heavy atom. The van der Waals surface area contributed by atoms with E-state index in [0.29, 0.717) is 6.42 Å². The van der Waals surface area contributed by atoms with Crippen molar-refractivity contribution in [3.8, 4) is 0 Å². The first-order valence-corrected chi connectivity index (χ1v) is 15.0. The summed E-state index contributed by atoms with van der Waals surface area (Å²) >= 11 is 0. The Morgan fingerprint density at radius 3 is 1.78 bits per heavy atom. The Labute approximate surface area is 221 Å². The molecular formula is C32H35NO3Si. The fraction of sp³-hybridized carbons (Fsp3) is 0.250. The van der Waals surface area contributed by atoms with Crippen LogP contribution in [0.5, 0.6) is 0 Å². The fourth-order valence-electron chi connectivity index (χ4n) is 5.14. The second-order valence-corrected chi connectivity index (χ2v) is 14.4. The van der Waals surface area contributed by atoms with E-state index < -0.39 is 25.7 Å². The Kier molecular flexibility index (Phi) is 7.93. The number of carbonyl (C=O) groups is 2. The van der Waals surface area contributed by atoms with Crippen molar-refractivity contribution in [3.63, 3.8) is 0 Å². The van der Waals surface area contributed by atoms with Gasteiger partial charge < -0.3 is 4.74 Å². The van der Waals surface area contributed by atoms with E-state index in [-0.39, 0.29) is 11.9 Å². The van der Waals surface area contributed by atoms with Gasteiger partial charge in [-0.15, -0.1) is 6.58 Å². The summed E-state index contributed by atoms with van der Waals surface area (Å²) in [6, 6.07) is 32.5. The van der Waals surface area contributed by atoms with E-state index >= 15 is 0 Å². The number of ether oxygens (including phenoxy) is 1. The lowest BCUT2D eigenvalue weighted by atomic mass is 10.0. The zero-order valence-corrected chi connectivity index (χ0v) is 22.8. The summed E-state index contributed by atoms with van der Waals surface area (Å²) in [5.74, 6) is -0.633. The molecule has 1 fully saturated rings. The lowest BCUT2D eigenvalue weighted by molar-refractivity contribution is -0.129. The smallest absolute Gasteiger partial charge is 0.417 e. The van der Waals surface area contributed by atoms with Gasteiger partial charge in [0.2, 0.25) is 5.91 Å². The van der Waals surface area contributed by atoms with Crippen molar-refractivity contribution in [3.05, 3.63) is 116 Å². The molecular weight excluding hydrogens is 474 g/mol. The molecule has 0 aliphatic carbocycles. The highest BCUT2D eigenvalue weighted by Gasteiger charge is 2.43. The van der Waals surface area contributed by atoms with Gasteiger partial charge in [0.15, 0.2) is 8.07 Å². The van der Waals surface area contributed by atoms with E-state index in [0.717, 1.165) is 6.04 Å². The minimum Gasteiger partial charge on any atom is -0.443 e. The normalized spacial score (nSPS) is 18.2. The summed E-state index contributed by atoms with van der Waals surface area (Å²) in [6.07, 6.45) is 5.70. The van der Waals surface area contributed by atoms with Crippen molar-refractivity contribution in [2.24, 2.45) is 5.92 Å². The van der Waals surface area contributed by atoms with E-state index in [1.807, 2.05) is 24.3 Å². The number of carbonyl (C=O) groups excluding carboxylic acids is 2. The third-order valence-electron chi connectivity index (χ3n) is 6.84. The average Bonchev–Trinajstić information content (AvgIpc) is 3.22. The number of nitrogens with zero attached hydrogens (tertiary/aromatic N) is 1. The van der Waals surface area contributed by atoms with Crippen molar-refractivity contribution in [1.82, 2.24) is 4.90 Å². The summed E-state index contributed by atoms with van der Waals surface area (Å²) < 4.78 is 5.51. The molecule has 1 heterocycles. The minimum atomic E-state index is -2.44. The standard InChI is InChI=1S/C32H35NO3Si/c1-5-26-24-25(30(34)33(26)31(35)36-32(2,3)4)16-15-23-37(27-17-9-6-10-18-27,28-19-11-7-12-20-28)29-21-13-8-14-22-29/h5-22,25-26H,1,23-24H2,2-4H3/b16-15+/t25-,26+/m1/s1. The maximum atomic E-state index is 13.3. The van der Waals surface area contributed by atoms with Crippen LogP contribution in [0.3, 0.4) is 0 Å². The molecule has 2 amide bonds. The SMILES string of the molecule is C=C[C@H]1C[C@@H](/C=C/C[Si](c2ccccc2)(c2ccccc2)c2ccccc2)C(=O)N1C(=O)OC(C)(C)C. The maximum Gasteiger partial charge on any atom is 0.417 e. The van der Waals surface area contributed by atoms with Crippen LogP contribution in [-0.2, 0) is 9.53 Å². The van der Waals surface area contributed by atoms with Gasteiger partial charge in [0.05, 0.1) is 12.0 Å². The van der Waals surface area contributed by atoms with Gasteiger partial charge in [-0.05, 0) is 48.8 Å². The number of rotatable bonds is 7. The largest absolute Gasteiger partial charge is 0.443 e. The highest BCUT2D eigenvalue weighted by atomic mass is 28.3. The van der Waals surface area contributed by atoms with Crippen LogP contribution in [0.25, 0.3) is 0 Å². The van der Waals surface area contributed by atoms with E-state index in [9.17, 15) is 9.59 Å². The first kappa shape index (κ1) is 26.4. The third-order valence-corrected chi connectivity index (χ3v) is 11.6. The van der Waals surface area contributed by atoms with Gasteiger partial charge >= 0.3 is 6.09 Å². The van der Waals surface area contributed by atoms with Gasteiger partial charge in [-0.1, -0.05) is 109 Å². The van der Waals surface area contributed by atoms with E-state index in [4.69, 9.17) is 4.74 Å². The van der Waals surface area contributed by atoms with Gasteiger partial charge in [0.1, 0.15) is 5.60 Å². The second kappa shape index (κ2) is 11.1. The zero-order chi connectivity index (χ0) is 26.5. The van der Waals surface area contributed by atoms with E-state index in [2.05, 4.69) is 85.5 Å². The first-order valence-electron chi connectivity index (χ1n) is 12.8. The number of benzene rings is 3. The molecule has 0 saturated carbocycles. The quantitative estimate of drug-likeness (QED) is 0.254. The lowest BCUT2D eigenvalue weighted by Crippen LogP contribution is -2.66. The van der Waals surface area contributed by atoms with Crippen LogP contribution >= 0.6 is 0 Å². The van der Waals surface area contributed by atoms with Crippen LogP contribution < -0.4 is 15.6 Å². The lowest BCUT2D eigenvalue weighted by Gasteiger charge is -2.33. The number of imide groups is 1. The summed E-state index contributed by atoms with van der Waals surface area (Å²) in [4.78, 5) is 27.3. The summed E-state index contributed by atoms with van der Waals surface area (Å²) in [5, 5.41) is 3.94. The summed E-state index contributed by atoms with van der Waals surface area (Å²) in [6.45, 7) is 9.26. The molecule has 4 rings (SSSR count).